The molecular weight excluding hydrogens is 158 g/mol. The molecule has 0 bridgehead atoms. The van der Waals surface area contributed by atoms with E-state index in [1.54, 1.807) is 12.3 Å². The minimum atomic E-state index is -0.395. The molecule has 12 heavy (non-hydrogen) atoms. The molecule has 0 aliphatic heterocycles. The maximum Gasteiger partial charge on any atom is 0.361 e. The third kappa shape index (κ3) is 1.09. The summed E-state index contributed by atoms with van der Waals surface area (Å²) in [6.45, 7) is 0. The molecule has 0 saturated heterocycles. The summed E-state index contributed by atoms with van der Waals surface area (Å²) < 4.78 is 1.42. The first kappa shape index (κ1) is 6.71. The molecule has 6 heteroatoms. The Morgan fingerprint density at radius 3 is 2.92 bits per heavy atom. The number of nitrogens with one attached hydrogen (secondary N) is 1. The van der Waals surface area contributed by atoms with Crippen LogP contribution in [0.4, 0.5) is 0 Å². The van der Waals surface area contributed by atoms with Crippen LogP contribution in [-0.2, 0) is 0 Å². The molecule has 6 nitrogen and oxygen atoms in total. The molecule has 0 saturated carbocycles. The van der Waals surface area contributed by atoms with Gasteiger partial charge in [0, 0.05) is 12.3 Å². The van der Waals surface area contributed by atoms with Gasteiger partial charge in [0.25, 0.3) is 0 Å². The van der Waals surface area contributed by atoms with Gasteiger partial charge in [-0.2, -0.15) is 4.98 Å². The fraction of sp³-hybridized carbons (Fsp3) is 0. The lowest BCUT2D eigenvalue weighted by Gasteiger charge is -1.95. The first-order valence-electron chi connectivity index (χ1n) is 3.26. The summed E-state index contributed by atoms with van der Waals surface area (Å²) in [5.41, 5.74) is -0.395. The van der Waals surface area contributed by atoms with Crippen LogP contribution in [-0.4, -0.2) is 24.7 Å². The number of nitrogens with zero attached hydrogens (tertiary/aromatic N) is 4. The van der Waals surface area contributed by atoms with Gasteiger partial charge in [-0.1, -0.05) is 0 Å². The Labute approximate surface area is 66.9 Å². The molecule has 0 radical (unpaired) electrons. The molecule has 0 aromatic carbocycles. The number of rotatable bonds is 1. The van der Waals surface area contributed by atoms with E-state index in [1.807, 2.05) is 0 Å². The fourth-order valence-electron chi connectivity index (χ4n) is 0.814. The molecule has 0 amide bonds. The van der Waals surface area contributed by atoms with Gasteiger partial charge >= 0.3 is 5.69 Å². The van der Waals surface area contributed by atoms with Crippen molar-refractivity contribution in [3.8, 4) is 5.82 Å². The predicted octanol–water partition coefficient (Wildman–Crippen LogP) is -0.649. The van der Waals surface area contributed by atoms with Crippen molar-refractivity contribution in [2.24, 2.45) is 0 Å². The quantitative estimate of drug-likeness (QED) is 0.606. The first-order chi connectivity index (χ1) is 5.86. The number of hydrogen-bond donors (Lipinski definition) is 1. The molecule has 2 heterocycles. The van der Waals surface area contributed by atoms with E-state index >= 15 is 0 Å². The second-order valence-electron chi connectivity index (χ2n) is 2.10. The lowest BCUT2D eigenvalue weighted by Crippen LogP contribution is -2.05. The van der Waals surface area contributed by atoms with Gasteiger partial charge in [0.05, 0.1) is 0 Å². The van der Waals surface area contributed by atoms with Crippen molar-refractivity contribution in [1.82, 2.24) is 24.7 Å². The molecule has 2 aromatic rings. The monoisotopic (exact) mass is 163 g/mol. The highest BCUT2D eigenvalue weighted by Crippen LogP contribution is 1.94. The second-order valence-corrected chi connectivity index (χ2v) is 2.10. The molecule has 0 unspecified atom stereocenters. The van der Waals surface area contributed by atoms with Crippen LogP contribution < -0.4 is 5.69 Å². The van der Waals surface area contributed by atoms with Gasteiger partial charge < -0.3 is 0 Å². The van der Waals surface area contributed by atoms with E-state index in [-0.39, 0.29) is 0 Å². The van der Waals surface area contributed by atoms with Gasteiger partial charge in [0.15, 0.2) is 5.82 Å². The van der Waals surface area contributed by atoms with Crippen molar-refractivity contribution in [3.63, 3.8) is 0 Å². The maximum absolute atomic E-state index is 10.6. The SMILES string of the molecule is O=c1ncn(-c2ccncn2)[nH]1. The third-order valence-corrected chi connectivity index (χ3v) is 1.32. The lowest BCUT2D eigenvalue weighted by molar-refractivity contribution is 0.826. The molecule has 1 N–H and O–H groups in total. The van der Waals surface area contributed by atoms with E-state index < -0.39 is 5.69 Å². The lowest BCUT2D eigenvalue weighted by atomic mass is 10.6. The molecule has 2 rings (SSSR count). The standard InChI is InChI=1S/C6H5N5O/c12-6-9-4-11(10-6)5-1-2-7-3-8-5/h1-4H,(H,10,12). The van der Waals surface area contributed by atoms with E-state index in [1.165, 1.54) is 17.3 Å². The van der Waals surface area contributed by atoms with Gasteiger partial charge in [0.2, 0.25) is 0 Å². The summed E-state index contributed by atoms with van der Waals surface area (Å²) in [6, 6.07) is 1.66. The molecule has 0 aliphatic rings. The minimum Gasteiger partial charge on any atom is -0.245 e. The van der Waals surface area contributed by atoms with Crippen LogP contribution in [0, 0.1) is 0 Å². The number of hydrogen-bond acceptors (Lipinski definition) is 4. The molecule has 0 spiro atoms. The Morgan fingerprint density at radius 2 is 2.33 bits per heavy atom. The van der Waals surface area contributed by atoms with Crippen LogP contribution in [0.25, 0.3) is 5.82 Å². The predicted molar refractivity (Wildman–Crippen MR) is 39.8 cm³/mol. The Bertz CT molecular complexity index is 417. The summed E-state index contributed by atoms with van der Waals surface area (Å²) in [5.74, 6) is 0.583. The van der Waals surface area contributed by atoms with Crippen LogP contribution in [0.5, 0.6) is 0 Å². The Morgan fingerprint density at radius 1 is 1.42 bits per heavy atom. The average Bonchev–Trinajstić information content (AvgIpc) is 2.54. The van der Waals surface area contributed by atoms with Gasteiger partial charge in [0.1, 0.15) is 12.7 Å². The van der Waals surface area contributed by atoms with E-state index in [0.29, 0.717) is 5.82 Å². The summed E-state index contributed by atoms with van der Waals surface area (Å²) in [5, 5.41) is 2.45. The highest BCUT2D eigenvalue weighted by atomic mass is 16.1. The molecule has 0 atom stereocenters. The molecule has 0 aliphatic carbocycles. The number of aromatic amines is 1. The van der Waals surface area contributed by atoms with Crippen molar-refractivity contribution in [1.29, 1.82) is 0 Å². The normalized spacial score (nSPS) is 10.0. The fourth-order valence-corrected chi connectivity index (χ4v) is 0.814. The van der Waals surface area contributed by atoms with E-state index in [0.717, 1.165) is 0 Å². The van der Waals surface area contributed by atoms with Gasteiger partial charge in [-0.15, -0.1) is 0 Å². The largest absolute Gasteiger partial charge is 0.361 e. The molecule has 2 aromatic heterocycles. The zero-order valence-electron chi connectivity index (χ0n) is 6.01. The Kier molecular flexibility index (Phi) is 1.44. The summed E-state index contributed by atoms with van der Waals surface area (Å²) in [7, 11) is 0. The van der Waals surface area contributed by atoms with E-state index in [9.17, 15) is 4.79 Å². The first-order valence-corrected chi connectivity index (χ1v) is 3.26. The van der Waals surface area contributed by atoms with Crippen LogP contribution in [0.3, 0.4) is 0 Å². The van der Waals surface area contributed by atoms with Crippen LogP contribution in [0.1, 0.15) is 0 Å². The molecule has 60 valence electrons. The van der Waals surface area contributed by atoms with Crippen molar-refractivity contribution >= 4 is 0 Å². The second kappa shape index (κ2) is 2.57. The zero-order valence-corrected chi connectivity index (χ0v) is 6.01. The van der Waals surface area contributed by atoms with Crippen molar-refractivity contribution in [3.05, 3.63) is 35.4 Å². The highest BCUT2D eigenvalue weighted by molar-refractivity contribution is 5.15. The van der Waals surface area contributed by atoms with Crippen molar-refractivity contribution in [2.45, 2.75) is 0 Å². The summed E-state index contributed by atoms with van der Waals surface area (Å²) >= 11 is 0. The smallest absolute Gasteiger partial charge is 0.245 e. The summed E-state index contributed by atoms with van der Waals surface area (Å²) in [4.78, 5) is 21.8. The van der Waals surface area contributed by atoms with Gasteiger partial charge in [-0.25, -0.2) is 24.5 Å². The third-order valence-electron chi connectivity index (χ3n) is 1.32. The minimum absolute atomic E-state index is 0.395. The van der Waals surface area contributed by atoms with Crippen LogP contribution in [0.2, 0.25) is 0 Å². The van der Waals surface area contributed by atoms with Crippen LogP contribution in [0.15, 0.2) is 29.7 Å². The molecular formula is C6H5N5O. The summed E-state index contributed by atoms with van der Waals surface area (Å²) in [6.07, 6.45) is 4.35. The van der Waals surface area contributed by atoms with Crippen molar-refractivity contribution < 1.29 is 0 Å². The topological polar surface area (TPSA) is 76.5 Å². The Balaban J connectivity index is 2.51. The maximum atomic E-state index is 10.6. The van der Waals surface area contributed by atoms with Gasteiger partial charge in [-0.3, -0.25) is 0 Å². The van der Waals surface area contributed by atoms with E-state index in [4.69, 9.17) is 0 Å². The molecule has 0 fully saturated rings. The van der Waals surface area contributed by atoms with Crippen LogP contribution >= 0.6 is 0 Å². The number of aromatic nitrogens is 5. The average molecular weight is 163 g/mol. The highest BCUT2D eigenvalue weighted by Gasteiger charge is 1.95. The zero-order chi connectivity index (χ0) is 8.39. The van der Waals surface area contributed by atoms with E-state index in [2.05, 4.69) is 20.1 Å². The van der Waals surface area contributed by atoms with Crippen molar-refractivity contribution in [2.75, 3.05) is 0 Å². The number of H-pyrrole nitrogens is 1. The Hall–Kier alpha value is -1.98. The van der Waals surface area contributed by atoms with Gasteiger partial charge in [-0.05, 0) is 0 Å².